The van der Waals surface area contributed by atoms with E-state index in [4.69, 9.17) is 4.74 Å². The number of halogens is 4. The summed E-state index contributed by atoms with van der Waals surface area (Å²) in [7, 11) is 1.37. The molecular weight excluding hydrogens is 346 g/mol. The SMILES string of the molecule is COc1ccc(NC(=O)N2CCCN(C(=O)C(F)(F)F)CC2)c(F)c1. The molecule has 1 aliphatic heterocycles. The standard InChI is InChI=1S/C15H17F4N3O3/c1-25-10-3-4-12(11(16)9-10)20-14(24)22-6-2-5-21(7-8-22)13(23)15(17,18)19/h3-4,9H,2,5-8H2,1H3,(H,20,24). The number of rotatable bonds is 2. The van der Waals surface area contributed by atoms with Gasteiger partial charge in [-0.3, -0.25) is 4.79 Å². The summed E-state index contributed by atoms with van der Waals surface area (Å²) >= 11 is 0. The number of hydrogen-bond acceptors (Lipinski definition) is 3. The van der Waals surface area contributed by atoms with E-state index >= 15 is 0 Å². The molecule has 3 amide bonds. The minimum atomic E-state index is -4.94. The highest BCUT2D eigenvalue weighted by Gasteiger charge is 2.42. The monoisotopic (exact) mass is 363 g/mol. The van der Waals surface area contributed by atoms with Crippen LogP contribution in [0.15, 0.2) is 18.2 Å². The first-order valence-corrected chi connectivity index (χ1v) is 7.48. The van der Waals surface area contributed by atoms with Crippen LogP contribution in [0.5, 0.6) is 5.75 Å². The fraction of sp³-hybridized carbons (Fsp3) is 0.467. The molecule has 2 rings (SSSR count). The maximum absolute atomic E-state index is 13.9. The number of carbonyl (C=O) groups excluding carboxylic acids is 2. The number of amides is 3. The van der Waals surface area contributed by atoms with Crippen molar-refractivity contribution >= 4 is 17.6 Å². The summed E-state index contributed by atoms with van der Waals surface area (Å²) in [5.74, 6) is -2.33. The Hall–Kier alpha value is -2.52. The second-order valence-electron chi connectivity index (χ2n) is 5.41. The summed E-state index contributed by atoms with van der Waals surface area (Å²) < 4.78 is 56.1. The fourth-order valence-corrected chi connectivity index (χ4v) is 2.42. The van der Waals surface area contributed by atoms with Crippen molar-refractivity contribution < 1.29 is 31.9 Å². The molecule has 138 valence electrons. The second kappa shape index (κ2) is 7.58. The van der Waals surface area contributed by atoms with Crippen molar-refractivity contribution in [3.8, 4) is 5.75 Å². The van der Waals surface area contributed by atoms with Crippen LogP contribution >= 0.6 is 0 Å². The van der Waals surface area contributed by atoms with Crippen LogP contribution in [0.25, 0.3) is 0 Å². The molecule has 0 spiro atoms. The maximum Gasteiger partial charge on any atom is 0.471 e. The van der Waals surface area contributed by atoms with Crippen molar-refractivity contribution in [1.29, 1.82) is 0 Å². The minimum absolute atomic E-state index is 0.0710. The third-order valence-corrected chi connectivity index (χ3v) is 3.73. The van der Waals surface area contributed by atoms with E-state index < -0.39 is 23.9 Å². The van der Waals surface area contributed by atoms with E-state index in [9.17, 15) is 27.2 Å². The zero-order valence-electron chi connectivity index (χ0n) is 13.4. The summed E-state index contributed by atoms with van der Waals surface area (Å²) in [4.78, 5) is 25.4. The van der Waals surface area contributed by atoms with Crippen molar-refractivity contribution in [2.24, 2.45) is 0 Å². The molecule has 0 atom stereocenters. The molecule has 0 saturated carbocycles. The van der Waals surface area contributed by atoms with Gasteiger partial charge < -0.3 is 19.9 Å². The van der Waals surface area contributed by atoms with Crippen molar-refractivity contribution in [3.63, 3.8) is 0 Å². The number of hydrogen-bond donors (Lipinski definition) is 1. The Balaban J connectivity index is 1.98. The molecule has 10 heteroatoms. The molecule has 1 saturated heterocycles. The predicted octanol–water partition coefficient (Wildman–Crippen LogP) is 2.46. The molecule has 1 aromatic rings. The average molecular weight is 363 g/mol. The van der Waals surface area contributed by atoms with Crippen LogP contribution in [0, 0.1) is 5.82 Å². The van der Waals surface area contributed by atoms with Crippen LogP contribution in [0.2, 0.25) is 0 Å². The molecule has 1 N–H and O–H groups in total. The molecule has 1 fully saturated rings. The maximum atomic E-state index is 13.9. The quantitative estimate of drug-likeness (QED) is 0.821. The van der Waals surface area contributed by atoms with Crippen LogP contribution in [-0.4, -0.2) is 61.2 Å². The molecule has 0 unspecified atom stereocenters. The lowest BCUT2D eigenvalue weighted by Gasteiger charge is -2.23. The zero-order valence-corrected chi connectivity index (χ0v) is 13.4. The van der Waals surface area contributed by atoms with Crippen molar-refractivity contribution in [2.75, 3.05) is 38.6 Å². The van der Waals surface area contributed by atoms with E-state index in [0.29, 0.717) is 4.90 Å². The van der Waals surface area contributed by atoms with Gasteiger partial charge >= 0.3 is 18.1 Å². The van der Waals surface area contributed by atoms with E-state index in [0.717, 1.165) is 6.07 Å². The zero-order chi connectivity index (χ0) is 18.6. The first kappa shape index (κ1) is 18.8. The number of anilines is 1. The van der Waals surface area contributed by atoms with Crippen LogP contribution in [0.4, 0.5) is 28.0 Å². The Morgan fingerprint density at radius 2 is 1.76 bits per heavy atom. The number of alkyl halides is 3. The fourth-order valence-electron chi connectivity index (χ4n) is 2.42. The summed E-state index contributed by atoms with van der Waals surface area (Å²) in [5, 5.41) is 2.36. The highest BCUT2D eigenvalue weighted by Crippen LogP contribution is 2.22. The number of ether oxygens (including phenoxy) is 1. The Bertz CT molecular complexity index is 651. The third-order valence-electron chi connectivity index (χ3n) is 3.73. The van der Waals surface area contributed by atoms with E-state index in [1.165, 1.54) is 24.1 Å². The van der Waals surface area contributed by atoms with E-state index in [1.54, 1.807) is 0 Å². The van der Waals surface area contributed by atoms with Crippen LogP contribution < -0.4 is 10.1 Å². The van der Waals surface area contributed by atoms with Crippen molar-refractivity contribution in [3.05, 3.63) is 24.0 Å². The topological polar surface area (TPSA) is 61.9 Å². The van der Waals surface area contributed by atoms with Gasteiger partial charge in [-0.2, -0.15) is 13.2 Å². The third kappa shape index (κ3) is 4.74. The molecule has 0 aromatic heterocycles. The lowest BCUT2D eigenvalue weighted by molar-refractivity contribution is -0.185. The van der Waals surface area contributed by atoms with E-state index in [2.05, 4.69) is 5.32 Å². The molecule has 6 nitrogen and oxygen atoms in total. The van der Waals surface area contributed by atoms with Gasteiger partial charge in [0.15, 0.2) is 0 Å². The number of urea groups is 1. The molecule has 0 radical (unpaired) electrons. The van der Waals surface area contributed by atoms with Crippen LogP contribution in [0.3, 0.4) is 0 Å². The summed E-state index contributed by atoms with van der Waals surface area (Å²) in [6.07, 6.45) is -4.75. The second-order valence-corrected chi connectivity index (χ2v) is 5.41. The molecule has 0 aliphatic carbocycles. The predicted molar refractivity (Wildman–Crippen MR) is 80.8 cm³/mol. The van der Waals surface area contributed by atoms with Gasteiger partial charge in [-0.15, -0.1) is 0 Å². The first-order valence-electron chi connectivity index (χ1n) is 7.48. The Morgan fingerprint density at radius 3 is 2.36 bits per heavy atom. The lowest BCUT2D eigenvalue weighted by atomic mass is 10.3. The van der Waals surface area contributed by atoms with Gasteiger partial charge in [0.2, 0.25) is 0 Å². The molecule has 1 aromatic carbocycles. The van der Waals surface area contributed by atoms with E-state index in [-0.39, 0.29) is 44.0 Å². The number of nitrogens with one attached hydrogen (secondary N) is 1. The molecule has 1 aliphatic rings. The van der Waals surface area contributed by atoms with Gasteiger partial charge in [-0.25, -0.2) is 9.18 Å². The summed E-state index contributed by atoms with van der Waals surface area (Å²) in [6.45, 7) is -0.257. The minimum Gasteiger partial charge on any atom is -0.497 e. The summed E-state index contributed by atoms with van der Waals surface area (Å²) in [6, 6.07) is 3.24. The van der Waals surface area contributed by atoms with Gasteiger partial charge in [0.25, 0.3) is 0 Å². The molecule has 0 bridgehead atoms. The number of carbonyl (C=O) groups is 2. The normalized spacial score (nSPS) is 15.6. The van der Waals surface area contributed by atoms with Crippen LogP contribution in [0.1, 0.15) is 6.42 Å². The molecule has 1 heterocycles. The largest absolute Gasteiger partial charge is 0.497 e. The van der Waals surface area contributed by atoms with Crippen LogP contribution in [-0.2, 0) is 4.79 Å². The highest BCUT2D eigenvalue weighted by molar-refractivity contribution is 5.89. The molecular formula is C15H17F4N3O3. The number of nitrogens with zero attached hydrogens (tertiary/aromatic N) is 2. The summed E-state index contributed by atoms with van der Waals surface area (Å²) in [5.41, 5.74) is -0.0710. The van der Waals surface area contributed by atoms with Crippen molar-refractivity contribution in [1.82, 2.24) is 9.80 Å². The molecule has 25 heavy (non-hydrogen) atoms. The van der Waals surface area contributed by atoms with Gasteiger partial charge in [0, 0.05) is 32.2 Å². The number of methoxy groups -OCH3 is 1. The lowest BCUT2D eigenvalue weighted by Crippen LogP contribution is -2.44. The Kier molecular flexibility index (Phi) is 5.70. The van der Waals surface area contributed by atoms with E-state index in [1.807, 2.05) is 0 Å². The van der Waals surface area contributed by atoms with Crippen molar-refractivity contribution in [2.45, 2.75) is 12.6 Å². The Labute approximate surface area is 141 Å². The number of benzene rings is 1. The van der Waals surface area contributed by atoms with Gasteiger partial charge in [0.05, 0.1) is 12.8 Å². The smallest absolute Gasteiger partial charge is 0.471 e. The highest BCUT2D eigenvalue weighted by atomic mass is 19.4. The first-order chi connectivity index (χ1) is 11.7. The van der Waals surface area contributed by atoms with Gasteiger partial charge in [-0.1, -0.05) is 0 Å². The van der Waals surface area contributed by atoms with Gasteiger partial charge in [0.1, 0.15) is 11.6 Å². The average Bonchev–Trinajstić information content (AvgIpc) is 2.81. The Morgan fingerprint density at radius 1 is 1.12 bits per heavy atom. The van der Waals surface area contributed by atoms with Gasteiger partial charge in [-0.05, 0) is 18.6 Å².